The molecule has 3 rings (SSSR count). The molecule has 3 aromatic rings. The molecule has 2 aromatic heterocycles. The van der Waals surface area contributed by atoms with E-state index < -0.39 is 18.0 Å². The monoisotopic (exact) mass is 334 g/mol. The van der Waals surface area contributed by atoms with E-state index in [-0.39, 0.29) is 10.6 Å². The van der Waals surface area contributed by atoms with Gasteiger partial charge in [0.1, 0.15) is 11.5 Å². The van der Waals surface area contributed by atoms with Crippen molar-refractivity contribution in [3.05, 3.63) is 64.8 Å². The molecule has 6 nitrogen and oxygen atoms in total. The van der Waals surface area contributed by atoms with Crippen LogP contribution in [0.15, 0.2) is 42.9 Å². The van der Waals surface area contributed by atoms with Crippen molar-refractivity contribution < 1.29 is 13.9 Å². The third-order valence-corrected chi connectivity index (χ3v) is 3.72. The molecular formula is C15H12ClFN4O2. The van der Waals surface area contributed by atoms with Crippen molar-refractivity contribution in [3.8, 4) is 0 Å². The second kappa shape index (κ2) is 5.77. The fourth-order valence-electron chi connectivity index (χ4n) is 2.40. The highest BCUT2D eigenvalue weighted by Crippen LogP contribution is 2.36. The van der Waals surface area contributed by atoms with Gasteiger partial charge in [0.2, 0.25) is 0 Å². The van der Waals surface area contributed by atoms with Gasteiger partial charge >= 0.3 is 6.09 Å². The summed E-state index contributed by atoms with van der Waals surface area (Å²) in [5, 5.41) is 0.214. The van der Waals surface area contributed by atoms with Crippen molar-refractivity contribution in [1.82, 2.24) is 9.38 Å². The number of aromatic nitrogens is 2. The van der Waals surface area contributed by atoms with Crippen LogP contribution in [0.1, 0.15) is 17.2 Å². The third kappa shape index (κ3) is 2.78. The van der Waals surface area contributed by atoms with Crippen LogP contribution >= 0.6 is 11.6 Å². The number of hydrogen-bond donors (Lipinski definition) is 2. The molecular weight excluding hydrogens is 323 g/mol. The van der Waals surface area contributed by atoms with E-state index in [0.717, 1.165) is 0 Å². The first kappa shape index (κ1) is 15.1. The predicted octanol–water partition coefficient (Wildman–Crippen LogP) is 2.89. The first-order valence-corrected chi connectivity index (χ1v) is 6.97. The van der Waals surface area contributed by atoms with Gasteiger partial charge in [0, 0.05) is 34.9 Å². The Labute approximate surface area is 135 Å². The highest BCUT2D eigenvalue weighted by atomic mass is 35.5. The number of nitrogens with two attached hydrogens (primary N) is 2. The van der Waals surface area contributed by atoms with Crippen LogP contribution in [0, 0.1) is 5.82 Å². The number of benzene rings is 1. The molecule has 0 bridgehead atoms. The van der Waals surface area contributed by atoms with Crippen LogP contribution in [-0.4, -0.2) is 15.5 Å². The lowest BCUT2D eigenvalue weighted by molar-refractivity contribution is 0.127. The Morgan fingerprint density at radius 3 is 2.87 bits per heavy atom. The van der Waals surface area contributed by atoms with E-state index >= 15 is 0 Å². The molecule has 0 aliphatic rings. The molecule has 1 atom stereocenters. The number of carbonyl (C=O) groups excluding carboxylic acids is 1. The van der Waals surface area contributed by atoms with Crippen LogP contribution in [0.25, 0.3) is 5.65 Å². The van der Waals surface area contributed by atoms with E-state index in [0.29, 0.717) is 16.9 Å². The Hall–Kier alpha value is -2.80. The number of nitrogen functional groups attached to an aromatic ring is 1. The molecule has 23 heavy (non-hydrogen) atoms. The lowest BCUT2D eigenvalue weighted by Gasteiger charge is -2.21. The van der Waals surface area contributed by atoms with Crippen molar-refractivity contribution in [2.75, 3.05) is 5.73 Å². The van der Waals surface area contributed by atoms with Gasteiger partial charge in [-0.05, 0) is 24.3 Å². The van der Waals surface area contributed by atoms with Crippen molar-refractivity contribution in [2.45, 2.75) is 6.10 Å². The van der Waals surface area contributed by atoms with E-state index in [9.17, 15) is 9.18 Å². The maximum absolute atomic E-state index is 13.6. The fourth-order valence-corrected chi connectivity index (χ4v) is 2.62. The van der Waals surface area contributed by atoms with E-state index in [1.54, 1.807) is 29.1 Å². The number of pyridine rings is 1. The number of rotatable bonds is 3. The van der Waals surface area contributed by atoms with Crippen LogP contribution in [0.2, 0.25) is 5.02 Å². The Bertz CT molecular complexity index is 896. The zero-order valence-corrected chi connectivity index (χ0v) is 12.5. The highest BCUT2D eigenvalue weighted by Gasteiger charge is 2.26. The number of halogens is 2. The highest BCUT2D eigenvalue weighted by molar-refractivity contribution is 6.31. The second-order valence-corrected chi connectivity index (χ2v) is 5.23. The Balaban J connectivity index is 2.27. The number of carbonyl (C=O) groups is 1. The quantitative estimate of drug-likeness (QED) is 0.769. The van der Waals surface area contributed by atoms with Gasteiger partial charge in [0.15, 0.2) is 6.10 Å². The lowest BCUT2D eigenvalue weighted by atomic mass is 10.0. The van der Waals surface area contributed by atoms with Crippen LogP contribution < -0.4 is 11.5 Å². The molecule has 118 valence electrons. The molecule has 0 aliphatic heterocycles. The van der Waals surface area contributed by atoms with Gasteiger partial charge in [-0.15, -0.1) is 0 Å². The number of anilines is 1. The van der Waals surface area contributed by atoms with Crippen molar-refractivity contribution in [1.29, 1.82) is 0 Å². The summed E-state index contributed by atoms with van der Waals surface area (Å²) in [6.45, 7) is 0. The Morgan fingerprint density at radius 1 is 1.35 bits per heavy atom. The number of fused-ring (bicyclic) bond motifs is 1. The first-order chi connectivity index (χ1) is 11.0. The Morgan fingerprint density at radius 2 is 2.13 bits per heavy atom. The molecule has 1 amide bonds. The van der Waals surface area contributed by atoms with E-state index in [1.165, 1.54) is 18.2 Å². The van der Waals surface area contributed by atoms with Gasteiger partial charge in [-0.25, -0.2) is 14.2 Å². The number of ether oxygens (including phenoxy) is 1. The molecule has 2 heterocycles. The van der Waals surface area contributed by atoms with Crippen LogP contribution in [0.4, 0.5) is 14.9 Å². The van der Waals surface area contributed by atoms with Gasteiger partial charge < -0.3 is 20.6 Å². The first-order valence-electron chi connectivity index (χ1n) is 6.59. The Kier molecular flexibility index (Phi) is 3.79. The minimum Gasteiger partial charge on any atom is -0.436 e. The molecule has 8 heteroatoms. The van der Waals surface area contributed by atoms with Crippen molar-refractivity contribution in [3.63, 3.8) is 0 Å². The average Bonchev–Trinajstić information content (AvgIpc) is 2.96. The van der Waals surface area contributed by atoms with Crippen LogP contribution in [0.5, 0.6) is 0 Å². The normalized spacial score (nSPS) is 12.3. The van der Waals surface area contributed by atoms with Crippen molar-refractivity contribution in [2.24, 2.45) is 5.73 Å². The van der Waals surface area contributed by atoms with Crippen LogP contribution in [-0.2, 0) is 4.74 Å². The molecule has 4 N–H and O–H groups in total. The second-order valence-electron chi connectivity index (χ2n) is 4.83. The minimum atomic E-state index is -1.08. The van der Waals surface area contributed by atoms with Gasteiger partial charge in [-0.3, -0.25) is 0 Å². The maximum atomic E-state index is 13.6. The van der Waals surface area contributed by atoms with Gasteiger partial charge in [-0.1, -0.05) is 11.6 Å². The lowest BCUT2D eigenvalue weighted by Crippen LogP contribution is -2.20. The number of hydrogen-bond acceptors (Lipinski definition) is 4. The minimum absolute atomic E-state index is 0.214. The number of nitrogens with zero attached hydrogens (tertiary/aromatic N) is 2. The zero-order chi connectivity index (χ0) is 16.6. The van der Waals surface area contributed by atoms with Crippen molar-refractivity contribution >= 4 is 29.0 Å². The van der Waals surface area contributed by atoms with Gasteiger partial charge in [0.05, 0.1) is 5.56 Å². The number of imidazole rings is 1. The van der Waals surface area contributed by atoms with Gasteiger partial charge in [-0.2, -0.15) is 0 Å². The summed E-state index contributed by atoms with van der Waals surface area (Å²) >= 11 is 6.13. The number of amides is 1. The smallest absolute Gasteiger partial charge is 0.405 e. The zero-order valence-electron chi connectivity index (χ0n) is 11.7. The average molecular weight is 335 g/mol. The van der Waals surface area contributed by atoms with Gasteiger partial charge in [0.25, 0.3) is 0 Å². The maximum Gasteiger partial charge on any atom is 0.405 e. The molecule has 0 saturated heterocycles. The summed E-state index contributed by atoms with van der Waals surface area (Å²) in [5.41, 5.74) is 12.6. The number of primary amides is 1. The summed E-state index contributed by atoms with van der Waals surface area (Å²) in [6.07, 6.45) is 2.85. The van der Waals surface area contributed by atoms with E-state index in [1.807, 2.05) is 0 Å². The fraction of sp³-hybridized carbons (Fsp3) is 0.0667. The summed E-state index contributed by atoms with van der Waals surface area (Å²) in [7, 11) is 0. The molecule has 0 fully saturated rings. The summed E-state index contributed by atoms with van der Waals surface area (Å²) in [6, 6.07) is 5.36. The third-order valence-electron chi connectivity index (χ3n) is 3.37. The SMILES string of the molecule is NC(=O)OC(c1cc(F)ccc1Cl)c1c(N)ccn2ccnc12. The molecule has 0 saturated carbocycles. The summed E-state index contributed by atoms with van der Waals surface area (Å²) in [4.78, 5) is 15.5. The molecule has 1 aromatic carbocycles. The van der Waals surface area contributed by atoms with Crippen LogP contribution in [0.3, 0.4) is 0 Å². The van der Waals surface area contributed by atoms with E-state index in [4.69, 9.17) is 27.8 Å². The molecule has 0 aliphatic carbocycles. The molecule has 0 spiro atoms. The topological polar surface area (TPSA) is 95.6 Å². The summed E-state index contributed by atoms with van der Waals surface area (Å²) in [5.74, 6) is -0.531. The predicted molar refractivity (Wildman–Crippen MR) is 83.5 cm³/mol. The molecule has 1 unspecified atom stereocenters. The van der Waals surface area contributed by atoms with E-state index in [2.05, 4.69) is 4.98 Å². The molecule has 0 radical (unpaired) electrons. The largest absolute Gasteiger partial charge is 0.436 e. The standard InChI is InChI=1S/C15H12ClFN4O2/c16-10-2-1-8(17)7-9(10)13(23-15(19)22)12-11(18)3-5-21-6-4-20-14(12)21/h1-7,13H,18H2,(H2,19,22). The summed E-state index contributed by atoms with van der Waals surface area (Å²) < 4.78 is 20.5.